The number of aromatic hydroxyl groups is 1. The molecule has 0 saturated carbocycles. The van der Waals surface area contributed by atoms with Gasteiger partial charge in [0.1, 0.15) is 12.2 Å². The van der Waals surface area contributed by atoms with E-state index in [1.807, 2.05) is 30.3 Å². The molecule has 0 aromatic heterocycles. The molecule has 0 radical (unpaired) electrons. The maximum Gasteiger partial charge on any atom is 0.161 e. The molecule has 0 bridgehead atoms. The summed E-state index contributed by atoms with van der Waals surface area (Å²) in [7, 11) is 3.16. The lowest BCUT2D eigenvalue weighted by Crippen LogP contribution is -2.32. The molecule has 1 aliphatic heterocycles. The van der Waals surface area contributed by atoms with Crippen molar-refractivity contribution in [1.29, 1.82) is 0 Å². The Hall–Kier alpha value is -2.40. The van der Waals surface area contributed by atoms with E-state index in [9.17, 15) is 5.11 Å². The van der Waals surface area contributed by atoms with Crippen LogP contribution in [0.5, 0.6) is 23.0 Å². The molecular weight excluding hydrogens is 308 g/mol. The lowest BCUT2D eigenvalue weighted by atomic mass is 9.97. The van der Waals surface area contributed by atoms with Crippen molar-refractivity contribution in [3.63, 3.8) is 0 Å². The standard InChI is InChI=1S/C19H22O5/c1-21-15-6-3-4-7-16(15)24-17-8-5-11-23-19(17)13-9-10-14(20)18(12-13)22-2/h3-4,6-7,9-10,12,17,19-20H,5,8,11H2,1-2H3. The zero-order valence-corrected chi connectivity index (χ0v) is 13.9. The first kappa shape index (κ1) is 16.5. The second kappa shape index (κ2) is 7.45. The molecule has 0 spiro atoms. The normalized spacial score (nSPS) is 20.4. The SMILES string of the molecule is COc1cc(C2OCCCC2Oc2ccccc2OC)ccc1O. The highest BCUT2D eigenvalue weighted by atomic mass is 16.6. The molecule has 2 aromatic rings. The summed E-state index contributed by atoms with van der Waals surface area (Å²) in [4.78, 5) is 0. The van der Waals surface area contributed by atoms with Gasteiger partial charge in [-0.05, 0) is 42.7 Å². The highest BCUT2D eigenvalue weighted by Gasteiger charge is 2.30. The van der Waals surface area contributed by atoms with Gasteiger partial charge in [0.2, 0.25) is 0 Å². The Kier molecular flexibility index (Phi) is 5.11. The first-order valence-corrected chi connectivity index (χ1v) is 8.01. The molecule has 3 rings (SSSR count). The van der Waals surface area contributed by atoms with Crippen molar-refractivity contribution in [2.45, 2.75) is 25.0 Å². The monoisotopic (exact) mass is 330 g/mol. The van der Waals surface area contributed by atoms with E-state index in [-0.39, 0.29) is 18.0 Å². The Morgan fingerprint density at radius 1 is 1.00 bits per heavy atom. The summed E-state index contributed by atoms with van der Waals surface area (Å²) in [6.07, 6.45) is 1.46. The Balaban J connectivity index is 1.86. The van der Waals surface area contributed by atoms with Crippen molar-refractivity contribution in [3.8, 4) is 23.0 Å². The maximum absolute atomic E-state index is 9.79. The number of ether oxygens (including phenoxy) is 4. The molecule has 1 fully saturated rings. The molecule has 1 saturated heterocycles. The molecule has 0 aliphatic carbocycles. The predicted molar refractivity (Wildman–Crippen MR) is 90.0 cm³/mol. The number of methoxy groups -OCH3 is 2. The van der Waals surface area contributed by atoms with Gasteiger partial charge in [-0.25, -0.2) is 0 Å². The van der Waals surface area contributed by atoms with Crippen LogP contribution in [-0.4, -0.2) is 32.0 Å². The summed E-state index contributed by atoms with van der Waals surface area (Å²) in [6.45, 7) is 0.680. The van der Waals surface area contributed by atoms with Gasteiger partial charge in [-0.15, -0.1) is 0 Å². The van der Waals surface area contributed by atoms with Crippen LogP contribution in [-0.2, 0) is 4.74 Å². The smallest absolute Gasteiger partial charge is 0.161 e. The molecule has 2 unspecified atom stereocenters. The molecule has 0 amide bonds. The lowest BCUT2D eigenvalue weighted by Gasteiger charge is -2.32. The molecule has 1 N–H and O–H groups in total. The van der Waals surface area contributed by atoms with Crippen molar-refractivity contribution in [3.05, 3.63) is 48.0 Å². The first-order valence-electron chi connectivity index (χ1n) is 8.01. The fourth-order valence-electron chi connectivity index (χ4n) is 2.94. The molecule has 128 valence electrons. The molecule has 5 nitrogen and oxygen atoms in total. The van der Waals surface area contributed by atoms with Crippen LogP contribution in [0.25, 0.3) is 0 Å². The van der Waals surface area contributed by atoms with Gasteiger partial charge in [0, 0.05) is 6.61 Å². The van der Waals surface area contributed by atoms with Crippen LogP contribution in [0.15, 0.2) is 42.5 Å². The zero-order chi connectivity index (χ0) is 16.9. The fourth-order valence-corrected chi connectivity index (χ4v) is 2.94. The zero-order valence-electron chi connectivity index (χ0n) is 13.9. The number of benzene rings is 2. The van der Waals surface area contributed by atoms with E-state index < -0.39 is 0 Å². The average molecular weight is 330 g/mol. The van der Waals surface area contributed by atoms with Crippen LogP contribution in [0.2, 0.25) is 0 Å². The van der Waals surface area contributed by atoms with Gasteiger partial charge in [-0.2, -0.15) is 0 Å². The summed E-state index contributed by atoms with van der Waals surface area (Å²) in [5, 5.41) is 9.79. The van der Waals surface area contributed by atoms with Gasteiger partial charge in [0.05, 0.1) is 14.2 Å². The van der Waals surface area contributed by atoms with E-state index in [1.165, 1.54) is 7.11 Å². The Morgan fingerprint density at radius 3 is 2.50 bits per heavy atom. The van der Waals surface area contributed by atoms with Crippen LogP contribution < -0.4 is 14.2 Å². The van der Waals surface area contributed by atoms with Crippen LogP contribution in [0.1, 0.15) is 24.5 Å². The third-order valence-corrected chi connectivity index (χ3v) is 4.15. The van der Waals surface area contributed by atoms with E-state index in [1.54, 1.807) is 19.2 Å². The van der Waals surface area contributed by atoms with Crippen LogP contribution in [0, 0.1) is 0 Å². The number of rotatable bonds is 5. The predicted octanol–water partition coefficient (Wildman–Crippen LogP) is 3.71. The summed E-state index contributed by atoms with van der Waals surface area (Å²) < 4.78 is 22.7. The summed E-state index contributed by atoms with van der Waals surface area (Å²) in [5.41, 5.74) is 0.921. The number of para-hydroxylation sites is 2. The molecule has 1 heterocycles. The van der Waals surface area contributed by atoms with Gasteiger partial charge >= 0.3 is 0 Å². The third kappa shape index (κ3) is 3.41. The second-order valence-electron chi connectivity index (χ2n) is 5.67. The van der Waals surface area contributed by atoms with Gasteiger partial charge in [0.25, 0.3) is 0 Å². The van der Waals surface area contributed by atoms with Crippen molar-refractivity contribution in [1.82, 2.24) is 0 Å². The maximum atomic E-state index is 9.79. The molecule has 2 aromatic carbocycles. The minimum absolute atomic E-state index is 0.110. The van der Waals surface area contributed by atoms with Gasteiger partial charge < -0.3 is 24.1 Å². The molecule has 5 heteroatoms. The third-order valence-electron chi connectivity index (χ3n) is 4.15. The molecule has 2 atom stereocenters. The minimum Gasteiger partial charge on any atom is -0.504 e. The summed E-state index contributed by atoms with van der Waals surface area (Å²) >= 11 is 0. The highest BCUT2D eigenvalue weighted by Crippen LogP contribution is 2.37. The van der Waals surface area contributed by atoms with Gasteiger partial charge in [-0.3, -0.25) is 0 Å². The van der Waals surface area contributed by atoms with E-state index in [0.29, 0.717) is 23.9 Å². The average Bonchev–Trinajstić information content (AvgIpc) is 2.63. The number of phenols is 1. The molecular formula is C19H22O5. The van der Waals surface area contributed by atoms with Gasteiger partial charge in [-0.1, -0.05) is 18.2 Å². The number of hydrogen-bond donors (Lipinski definition) is 1. The molecule has 24 heavy (non-hydrogen) atoms. The summed E-state index contributed by atoms with van der Waals surface area (Å²) in [5.74, 6) is 1.94. The summed E-state index contributed by atoms with van der Waals surface area (Å²) in [6, 6.07) is 12.8. The Bertz CT molecular complexity index is 685. The fraction of sp³-hybridized carbons (Fsp3) is 0.368. The number of phenolic OH excluding ortho intramolecular Hbond substituents is 1. The van der Waals surface area contributed by atoms with E-state index in [0.717, 1.165) is 18.4 Å². The van der Waals surface area contributed by atoms with E-state index in [2.05, 4.69) is 0 Å². The Labute approximate surface area is 141 Å². The highest BCUT2D eigenvalue weighted by molar-refractivity contribution is 5.43. The Morgan fingerprint density at radius 2 is 1.75 bits per heavy atom. The van der Waals surface area contributed by atoms with Crippen molar-refractivity contribution < 1.29 is 24.1 Å². The quantitative estimate of drug-likeness (QED) is 0.906. The van der Waals surface area contributed by atoms with Crippen LogP contribution in [0.4, 0.5) is 0 Å². The molecule has 1 aliphatic rings. The number of hydrogen-bond acceptors (Lipinski definition) is 5. The van der Waals surface area contributed by atoms with E-state index in [4.69, 9.17) is 18.9 Å². The van der Waals surface area contributed by atoms with Crippen LogP contribution >= 0.6 is 0 Å². The van der Waals surface area contributed by atoms with Crippen LogP contribution in [0.3, 0.4) is 0 Å². The van der Waals surface area contributed by atoms with Crippen molar-refractivity contribution in [2.75, 3.05) is 20.8 Å². The first-order chi connectivity index (χ1) is 11.7. The van der Waals surface area contributed by atoms with E-state index >= 15 is 0 Å². The topological polar surface area (TPSA) is 57.2 Å². The van der Waals surface area contributed by atoms with Crippen molar-refractivity contribution >= 4 is 0 Å². The lowest BCUT2D eigenvalue weighted by molar-refractivity contribution is -0.0652. The minimum atomic E-state index is -0.224. The second-order valence-corrected chi connectivity index (χ2v) is 5.67. The van der Waals surface area contributed by atoms with Gasteiger partial charge in [0.15, 0.2) is 23.0 Å². The van der Waals surface area contributed by atoms with Crippen molar-refractivity contribution in [2.24, 2.45) is 0 Å². The largest absolute Gasteiger partial charge is 0.504 e.